The van der Waals surface area contributed by atoms with Gasteiger partial charge in [0.25, 0.3) is 0 Å². The molecule has 6 heteroatoms. The molecule has 21 heavy (non-hydrogen) atoms. The number of hydrogen-bond acceptors (Lipinski definition) is 4. The zero-order chi connectivity index (χ0) is 15.2. The standard InChI is InChI=1S/C15H12Cl2O4/c16-8-1-2-10(11(17)7-8)12-13(19)15(21-14(12)20)5-3-9(18)4-6-15/h1-2,7,12H,3-6H2. The summed E-state index contributed by atoms with van der Waals surface area (Å²) in [6.07, 6.45) is 1.05. The highest BCUT2D eigenvalue weighted by Gasteiger charge is 2.56. The number of esters is 1. The van der Waals surface area contributed by atoms with E-state index in [0.29, 0.717) is 10.6 Å². The molecule has 1 aromatic rings. The fourth-order valence-corrected chi connectivity index (χ4v) is 3.47. The molecule has 0 amide bonds. The summed E-state index contributed by atoms with van der Waals surface area (Å²) in [6.45, 7) is 0. The lowest BCUT2D eigenvalue weighted by Gasteiger charge is -2.29. The van der Waals surface area contributed by atoms with Crippen molar-refractivity contribution in [2.75, 3.05) is 0 Å². The fraction of sp³-hybridized carbons (Fsp3) is 0.400. The maximum atomic E-state index is 12.7. The van der Waals surface area contributed by atoms with Crippen molar-refractivity contribution < 1.29 is 19.1 Å². The molecule has 0 aromatic heterocycles. The molecule has 0 N–H and O–H groups in total. The smallest absolute Gasteiger partial charge is 0.322 e. The van der Waals surface area contributed by atoms with E-state index >= 15 is 0 Å². The molecular formula is C15H12Cl2O4. The second-order valence-corrected chi connectivity index (χ2v) is 6.26. The molecule has 110 valence electrons. The zero-order valence-corrected chi connectivity index (χ0v) is 12.5. The number of hydrogen-bond donors (Lipinski definition) is 0. The molecule has 1 spiro atoms. The Labute approximate surface area is 131 Å². The number of Topliss-reactive ketones (excluding diaryl/α,β-unsaturated/α-hetero) is 2. The largest absolute Gasteiger partial charge is 0.450 e. The first kappa shape index (κ1) is 14.5. The second kappa shape index (κ2) is 5.11. The van der Waals surface area contributed by atoms with E-state index in [1.807, 2.05) is 0 Å². The third kappa shape index (κ3) is 2.36. The van der Waals surface area contributed by atoms with Crippen LogP contribution in [0.15, 0.2) is 18.2 Å². The van der Waals surface area contributed by atoms with Gasteiger partial charge in [-0.05, 0) is 17.7 Å². The molecule has 2 aliphatic rings. The summed E-state index contributed by atoms with van der Waals surface area (Å²) in [5.74, 6) is -1.83. The van der Waals surface area contributed by atoms with E-state index in [9.17, 15) is 14.4 Å². The molecule has 1 saturated heterocycles. The van der Waals surface area contributed by atoms with Crippen molar-refractivity contribution in [3.8, 4) is 0 Å². The maximum absolute atomic E-state index is 12.7. The molecule has 4 nitrogen and oxygen atoms in total. The predicted molar refractivity (Wildman–Crippen MR) is 76.5 cm³/mol. The van der Waals surface area contributed by atoms with Gasteiger partial charge < -0.3 is 4.74 Å². The molecule has 1 aliphatic heterocycles. The van der Waals surface area contributed by atoms with Crippen LogP contribution in [0.5, 0.6) is 0 Å². The fourth-order valence-electron chi connectivity index (χ4n) is 2.96. The van der Waals surface area contributed by atoms with E-state index in [4.69, 9.17) is 27.9 Å². The number of carbonyl (C=O) groups excluding carboxylic acids is 3. The molecule has 1 aliphatic carbocycles. The monoisotopic (exact) mass is 326 g/mol. The molecule has 0 radical (unpaired) electrons. The van der Waals surface area contributed by atoms with Crippen LogP contribution < -0.4 is 0 Å². The Kier molecular flexibility index (Phi) is 3.54. The van der Waals surface area contributed by atoms with Crippen LogP contribution in [0, 0.1) is 0 Å². The van der Waals surface area contributed by atoms with E-state index in [1.54, 1.807) is 12.1 Å². The summed E-state index contributed by atoms with van der Waals surface area (Å²) < 4.78 is 5.37. The maximum Gasteiger partial charge on any atom is 0.322 e. The van der Waals surface area contributed by atoms with Gasteiger partial charge in [-0.1, -0.05) is 29.3 Å². The number of halogens is 2. The Hall–Kier alpha value is -1.39. The third-order valence-corrected chi connectivity index (χ3v) is 4.69. The molecule has 1 atom stereocenters. The number of carbonyl (C=O) groups is 3. The topological polar surface area (TPSA) is 60.4 Å². The highest BCUT2D eigenvalue weighted by Crippen LogP contribution is 2.44. The lowest BCUT2D eigenvalue weighted by atomic mass is 9.78. The summed E-state index contributed by atoms with van der Waals surface area (Å²) >= 11 is 11.9. The summed E-state index contributed by atoms with van der Waals surface area (Å²) in [5.41, 5.74) is -0.747. The van der Waals surface area contributed by atoms with Gasteiger partial charge in [-0.25, -0.2) is 0 Å². The van der Waals surface area contributed by atoms with Crippen LogP contribution in [0.3, 0.4) is 0 Å². The van der Waals surface area contributed by atoms with Crippen molar-refractivity contribution >= 4 is 40.7 Å². The van der Waals surface area contributed by atoms with Crippen LogP contribution in [0.1, 0.15) is 37.2 Å². The van der Waals surface area contributed by atoms with Crippen LogP contribution in [-0.2, 0) is 19.1 Å². The normalized spacial score (nSPS) is 24.5. The molecule has 2 fully saturated rings. The molecule has 3 rings (SSSR count). The lowest BCUT2D eigenvalue weighted by molar-refractivity contribution is -0.156. The van der Waals surface area contributed by atoms with Gasteiger partial charge in [0, 0.05) is 35.7 Å². The molecule has 1 unspecified atom stereocenters. The Bertz CT molecular complexity index is 643. The van der Waals surface area contributed by atoms with Crippen LogP contribution in [0.25, 0.3) is 0 Å². The van der Waals surface area contributed by atoms with Crippen molar-refractivity contribution in [2.24, 2.45) is 0 Å². The first-order valence-corrected chi connectivity index (χ1v) is 7.42. The molecule has 1 aromatic carbocycles. The Morgan fingerprint density at radius 2 is 1.76 bits per heavy atom. The summed E-state index contributed by atoms with van der Waals surface area (Å²) in [7, 11) is 0. The van der Waals surface area contributed by atoms with Gasteiger partial charge in [0.05, 0.1) is 0 Å². The van der Waals surface area contributed by atoms with Crippen LogP contribution in [0.2, 0.25) is 10.0 Å². The minimum absolute atomic E-state index is 0.0949. The Morgan fingerprint density at radius 1 is 1.10 bits per heavy atom. The average molecular weight is 327 g/mol. The van der Waals surface area contributed by atoms with Gasteiger partial charge in [-0.15, -0.1) is 0 Å². The SMILES string of the molecule is O=C1CCC2(CC1)OC(=O)C(c1ccc(Cl)cc1Cl)C2=O. The minimum atomic E-state index is -1.15. The van der Waals surface area contributed by atoms with Crippen molar-refractivity contribution in [1.82, 2.24) is 0 Å². The van der Waals surface area contributed by atoms with Crippen molar-refractivity contribution in [2.45, 2.75) is 37.2 Å². The van der Waals surface area contributed by atoms with E-state index in [-0.39, 0.29) is 42.3 Å². The number of benzene rings is 1. The second-order valence-electron chi connectivity index (χ2n) is 5.42. The minimum Gasteiger partial charge on any atom is -0.450 e. The highest BCUT2D eigenvalue weighted by molar-refractivity contribution is 6.35. The van der Waals surface area contributed by atoms with E-state index in [1.165, 1.54) is 6.07 Å². The number of ether oxygens (including phenoxy) is 1. The molecule has 0 bridgehead atoms. The first-order chi connectivity index (χ1) is 9.93. The van der Waals surface area contributed by atoms with Crippen molar-refractivity contribution in [1.29, 1.82) is 0 Å². The third-order valence-electron chi connectivity index (χ3n) is 4.13. The summed E-state index contributed by atoms with van der Waals surface area (Å²) in [5, 5.41) is 0.697. The van der Waals surface area contributed by atoms with Gasteiger partial charge in [0.1, 0.15) is 11.7 Å². The van der Waals surface area contributed by atoms with Crippen molar-refractivity contribution in [3.63, 3.8) is 0 Å². The number of rotatable bonds is 1. The predicted octanol–water partition coefficient (Wildman–Crippen LogP) is 3.08. The van der Waals surface area contributed by atoms with Crippen LogP contribution in [0.4, 0.5) is 0 Å². The van der Waals surface area contributed by atoms with Gasteiger partial charge >= 0.3 is 5.97 Å². The first-order valence-electron chi connectivity index (χ1n) is 6.67. The Balaban J connectivity index is 1.96. The van der Waals surface area contributed by atoms with Gasteiger partial charge in [-0.3, -0.25) is 14.4 Å². The van der Waals surface area contributed by atoms with E-state index in [2.05, 4.69) is 0 Å². The van der Waals surface area contributed by atoms with Gasteiger partial charge in [0.2, 0.25) is 0 Å². The zero-order valence-electron chi connectivity index (χ0n) is 11.0. The van der Waals surface area contributed by atoms with Gasteiger partial charge in [-0.2, -0.15) is 0 Å². The molecular weight excluding hydrogens is 315 g/mol. The molecule has 1 heterocycles. The van der Waals surface area contributed by atoms with Crippen molar-refractivity contribution in [3.05, 3.63) is 33.8 Å². The average Bonchev–Trinajstić information content (AvgIpc) is 2.66. The highest BCUT2D eigenvalue weighted by atomic mass is 35.5. The van der Waals surface area contributed by atoms with Crippen LogP contribution >= 0.6 is 23.2 Å². The lowest BCUT2D eigenvalue weighted by Crippen LogP contribution is -2.41. The Morgan fingerprint density at radius 3 is 2.38 bits per heavy atom. The van der Waals surface area contributed by atoms with Gasteiger partial charge in [0.15, 0.2) is 11.4 Å². The number of ketones is 2. The van der Waals surface area contributed by atoms with E-state index < -0.39 is 17.5 Å². The summed E-state index contributed by atoms with van der Waals surface area (Å²) in [4.78, 5) is 36.2. The molecule has 1 saturated carbocycles. The van der Waals surface area contributed by atoms with Crippen LogP contribution in [-0.4, -0.2) is 23.1 Å². The van der Waals surface area contributed by atoms with E-state index in [0.717, 1.165) is 0 Å². The quantitative estimate of drug-likeness (QED) is 0.587. The summed E-state index contributed by atoms with van der Waals surface area (Å²) in [6, 6.07) is 4.65.